The highest BCUT2D eigenvalue weighted by Gasteiger charge is 2.34. The number of carbonyl (C=O) groups is 1. The van der Waals surface area contributed by atoms with Gasteiger partial charge >= 0.3 is 5.69 Å². The zero-order valence-corrected chi connectivity index (χ0v) is 12.8. The Kier molecular flexibility index (Phi) is 5.12. The van der Waals surface area contributed by atoms with E-state index in [2.05, 4.69) is 10.6 Å². The van der Waals surface area contributed by atoms with E-state index in [9.17, 15) is 23.7 Å². The summed E-state index contributed by atoms with van der Waals surface area (Å²) in [5.41, 5.74) is 0.719. The van der Waals surface area contributed by atoms with Crippen LogP contribution in [0.4, 0.5) is 25.8 Å². The molecule has 0 aliphatic heterocycles. The Bertz CT molecular complexity index is 598. The largest absolute Gasteiger partial charge is 0.379 e. The number of rotatable bonds is 5. The van der Waals surface area contributed by atoms with Gasteiger partial charge in [-0.15, -0.1) is 0 Å². The summed E-state index contributed by atoms with van der Waals surface area (Å²) in [6.45, 7) is 1.77. The van der Waals surface area contributed by atoms with Crippen molar-refractivity contribution in [1.82, 2.24) is 0 Å². The number of amides is 1. The Morgan fingerprint density at radius 3 is 2.61 bits per heavy atom. The van der Waals surface area contributed by atoms with Crippen molar-refractivity contribution in [3.05, 3.63) is 23.1 Å². The first-order valence-corrected chi connectivity index (χ1v) is 7.46. The van der Waals surface area contributed by atoms with Crippen LogP contribution in [0.3, 0.4) is 0 Å². The molecule has 8 heteroatoms. The minimum absolute atomic E-state index is 0.0441. The van der Waals surface area contributed by atoms with Crippen LogP contribution in [0.15, 0.2) is 18.2 Å². The van der Waals surface area contributed by atoms with Crippen molar-refractivity contribution in [2.75, 3.05) is 17.2 Å². The highest BCUT2D eigenvalue weighted by atomic mass is 19.3. The standard InChI is InChI=1S/C15H19F2N3O3/c1-10(21)19-12-2-3-13(14(8-12)20(22)23)18-9-11-4-6-15(16,17)7-5-11/h2-3,8,11,18H,4-7,9H2,1H3,(H-,19,21,22,23)/p+1. The maximum Gasteiger partial charge on any atom is 0.341 e. The Hall–Kier alpha value is -2.25. The number of anilines is 2. The highest BCUT2D eigenvalue weighted by Crippen LogP contribution is 2.36. The number of nitrogens with zero attached hydrogens (tertiary/aromatic N) is 1. The summed E-state index contributed by atoms with van der Waals surface area (Å²) in [5.74, 6) is -2.77. The minimum Gasteiger partial charge on any atom is -0.379 e. The van der Waals surface area contributed by atoms with Gasteiger partial charge in [0, 0.05) is 38.1 Å². The molecular weight excluding hydrogens is 308 g/mol. The first-order chi connectivity index (χ1) is 10.8. The van der Waals surface area contributed by atoms with Crippen LogP contribution < -0.4 is 10.6 Å². The zero-order valence-electron chi connectivity index (χ0n) is 12.8. The molecule has 0 aromatic heterocycles. The molecule has 0 atom stereocenters. The molecule has 1 fully saturated rings. The number of hydrogen-bond donors (Lipinski definition) is 3. The summed E-state index contributed by atoms with van der Waals surface area (Å²) in [7, 11) is 0. The molecule has 2 rings (SSSR count). The molecule has 1 aliphatic carbocycles. The van der Waals surface area contributed by atoms with Gasteiger partial charge in [0.15, 0.2) is 0 Å². The molecule has 0 saturated heterocycles. The molecule has 1 aromatic rings. The number of alkyl halides is 2. The van der Waals surface area contributed by atoms with Crippen LogP contribution in [-0.4, -0.2) is 28.5 Å². The molecule has 23 heavy (non-hydrogen) atoms. The fourth-order valence-corrected chi connectivity index (χ4v) is 2.68. The quantitative estimate of drug-likeness (QED) is 0.720. The van der Waals surface area contributed by atoms with E-state index in [1.165, 1.54) is 13.0 Å². The van der Waals surface area contributed by atoms with Gasteiger partial charge in [-0.3, -0.25) is 4.79 Å². The van der Waals surface area contributed by atoms with Crippen molar-refractivity contribution < 1.29 is 23.7 Å². The van der Waals surface area contributed by atoms with Crippen LogP contribution in [0.1, 0.15) is 32.6 Å². The molecule has 1 saturated carbocycles. The molecule has 3 N–H and O–H groups in total. The first kappa shape index (κ1) is 17.1. The third kappa shape index (κ3) is 4.87. The second kappa shape index (κ2) is 6.89. The normalized spacial score (nSPS) is 17.5. The SMILES string of the molecule is CC(=O)Nc1ccc(NCC2CCC(F)(F)CC2)c([N+](=O)O)c1. The topological polar surface area (TPSA) is 81.4 Å². The van der Waals surface area contributed by atoms with Crippen molar-refractivity contribution in [1.29, 1.82) is 0 Å². The van der Waals surface area contributed by atoms with Gasteiger partial charge in [-0.1, -0.05) is 0 Å². The van der Waals surface area contributed by atoms with Crippen molar-refractivity contribution in [3.63, 3.8) is 0 Å². The van der Waals surface area contributed by atoms with Crippen LogP contribution in [0.5, 0.6) is 0 Å². The molecule has 1 amide bonds. The molecule has 6 nitrogen and oxygen atoms in total. The Morgan fingerprint density at radius 1 is 1.39 bits per heavy atom. The lowest BCUT2D eigenvalue weighted by Gasteiger charge is -2.28. The summed E-state index contributed by atoms with van der Waals surface area (Å²) in [4.78, 5) is 22.0. The van der Waals surface area contributed by atoms with Gasteiger partial charge in [0.2, 0.25) is 11.8 Å². The summed E-state index contributed by atoms with van der Waals surface area (Å²) >= 11 is 0. The molecule has 0 unspecified atom stereocenters. The number of nitrogens with one attached hydrogen (secondary N) is 2. The van der Waals surface area contributed by atoms with Gasteiger partial charge in [0.25, 0.3) is 4.92 Å². The molecule has 0 heterocycles. The van der Waals surface area contributed by atoms with Gasteiger partial charge in [0.05, 0.1) is 4.91 Å². The third-order valence-corrected chi connectivity index (χ3v) is 3.94. The minimum atomic E-state index is -2.57. The number of carbonyl (C=O) groups excluding carboxylic acids is 1. The number of hydrogen-bond acceptors (Lipinski definition) is 3. The number of benzene rings is 1. The van der Waals surface area contributed by atoms with E-state index in [4.69, 9.17) is 0 Å². The summed E-state index contributed by atoms with van der Waals surface area (Å²) < 4.78 is 26.2. The summed E-state index contributed by atoms with van der Waals surface area (Å²) in [5, 5.41) is 14.7. The molecule has 126 valence electrons. The van der Waals surface area contributed by atoms with Gasteiger partial charge < -0.3 is 10.6 Å². The lowest BCUT2D eigenvalue weighted by molar-refractivity contribution is -0.729. The summed E-state index contributed by atoms with van der Waals surface area (Å²) in [6, 6.07) is 4.48. The van der Waals surface area contributed by atoms with Crippen molar-refractivity contribution in [2.24, 2.45) is 5.92 Å². The molecular formula is C15H20F2N3O3+. The highest BCUT2D eigenvalue weighted by molar-refractivity contribution is 5.89. The van der Waals surface area contributed by atoms with Crippen LogP contribution in [0, 0.1) is 10.8 Å². The lowest BCUT2D eigenvalue weighted by atomic mass is 9.87. The average Bonchev–Trinajstić information content (AvgIpc) is 2.46. The van der Waals surface area contributed by atoms with E-state index in [-0.39, 0.29) is 35.3 Å². The van der Waals surface area contributed by atoms with Crippen LogP contribution in [-0.2, 0) is 4.79 Å². The van der Waals surface area contributed by atoms with Gasteiger partial charge in [-0.05, 0) is 30.9 Å². The Morgan fingerprint density at radius 2 is 2.04 bits per heavy atom. The molecule has 0 bridgehead atoms. The molecule has 1 aromatic carbocycles. The predicted octanol–water partition coefficient (Wildman–Crippen LogP) is 3.68. The number of halogens is 2. The van der Waals surface area contributed by atoms with E-state index in [0.717, 1.165) is 0 Å². The van der Waals surface area contributed by atoms with Crippen LogP contribution in [0.2, 0.25) is 0 Å². The van der Waals surface area contributed by atoms with Crippen LogP contribution in [0.25, 0.3) is 0 Å². The van der Waals surface area contributed by atoms with Gasteiger partial charge in [-0.25, -0.2) is 14.0 Å². The first-order valence-electron chi connectivity index (χ1n) is 7.46. The average molecular weight is 328 g/mol. The van der Waals surface area contributed by atoms with Crippen molar-refractivity contribution in [2.45, 2.75) is 38.5 Å². The van der Waals surface area contributed by atoms with Gasteiger partial charge in [-0.2, -0.15) is 0 Å². The fourth-order valence-electron chi connectivity index (χ4n) is 2.68. The molecule has 0 radical (unpaired) electrons. The van der Waals surface area contributed by atoms with E-state index < -0.39 is 5.92 Å². The van der Waals surface area contributed by atoms with E-state index in [1.807, 2.05) is 0 Å². The van der Waals surface area contributed by atoms with E-state index in [1.54, 1.807) is 12.1 Å². The maximum atomic E-state index is 13.1. The zero-order chi connectivity index (χ0) is 17.0. The van der Waals surface area contributed by atoms with Crippen molar-refractivity contribution in [3.8, 4) is 0 Å². The second-order valence-corrected chi connectivity index (χ2v) is 5.87. The second-order valence-electron chi connectivity index (χ2n) is 5.87. The maximum absolute atomic E-state index is 13.1. The van der Waals surface area contributed by atoms with E-state index >= 15 is 0 Å². The van der Waals surface area contributed by atoms with E-state index in [0.29, 0.717) is 30.8 Å². The fraction of sp³-hybridized carbons (Fsp3) is 0.533. The summed E-state index contributed by atoms with van der Waals surface area (Å²) in [6.07, 6.45) is 0.585. The Balaban J connectivity index is 2.02. The molecule has 1 aliphatic rings. The predicted molar refractivity (Wildman–Crippen MR) is 81.2 cm³/mol. The Labute approximate surface area is 132 Å². The van der Waals surface area contributed by atoms with Crippen molar-refractivity contribution >= 4 is 23.0 Å². The molecule has 0 spiro atoms. The third-order valence-electron chi connectivity index (χ3n) is 3.94. The van der Waals surface area contributed by atoms with Crippen LogP contribution >= 0.6 is 0 Å². The smallest absolute Gasteiger partial charge is 0.341 e. The monoisotopic (exact) mass is 328 g/mol. The lowest BCUT2D eigenvalue weighted by Crippen LogP contribution is -2.28. The van der Waals surface area contributed by atoms with Gasteiger partial charge in [0.1, 0.15) is 5.69 Å².